The lowest BCUT2D eigenvalue weighted by atomic mass is 9.60. The fourth-order valence-corrected chi connectivity index (χ4v) is 4.98. The van der Waals surface area contributed by atoms with Crippen LogP contribution in [-0.2, 0) is 20.5 Å². The molecular weight excluding hydrogens is 491 g/mol. The van der Waals surface area contributed by atoms with Crippen LogP contribution in [0.4, 0.5) is 18.9 Å². The summed E-state index contributed by atoms with van der Waals surface area (Å²) in [4.78, 5) is 27.3. The second kappa shape index (κ2) is 10.5. The van der Waals surface area contributed by atoms with Crippen LogP contribution in [0.5, 0.6) is 0 Å². The molecule has 0 saturated carbocycles. The van der Waals surface area contributed by atoms with Crippen LogP contribution in [0, 0.1) is 16.7 Å². The fraction of sp³-hybridized carbons (Fsp3) is 0.346. The number of esters is 1. The average Bonchev–Trinajstić information content (AvgIpc) is 2.85. The predicted molar refractivity (Wildman–Crippen MR) is 124 cm³/mol. The van der Waals surface area contributed by atoms with Crippen LogP contribution >= 0.6 is 0 Å². The van der Waals surface area contributed by atoms with Gasteiger partial charge in [-0.1, -0.05) is 18.2 Å². The second-order valence-corrected chi connectivity index (χ2v) is 8.58. The number of carbonyl (C=O) groups is 2. The number of hydrogen-bond acceptors (Lipinski definition) is 8. The Kier molecular flexibility index (Phi) is 7.83. The quantitative estimate of drug-likeness (QED) is 0.535. The van der Waals surface area contributed by atoms with E-state index in [4.69, 9.17) is 10.5 Å². The highest BCUT2D eigenvalue weighted by Gasteiger charge is 2.55. The van der Waals surface area contributed by atoms with Gasteiger partial charge in [-0.2, -0.15) is 18.4 Å². The van der Waals surface area contributed by atoms with Crippen LogP contribution in [0.2, 0.25) is 0 Å². The lowest BCUT2D eigenvalue weighted by molar-refractivity contribution is -0.322. The second-order valence-electron chi connectivity index (χ2n) is 8.58. The smallest absolute Gasteiger partial charge is 0.416 e. The Morgan fingerprint density at radius 2 is 1.89 bits per heavy atom. The molecule has 0 aliphatic carbocycles. The molecule has 2 aromatic carbocycles. The summed E-state index contributed by atoms with van der Waals surface area (Å²) < 4.78 is 45.6. The van der Waals surface area contributed by atoms with Crippen molar-refractivity contribution in [2.45, 2.75) is 38.4 Å². The molecule has 8 nitrogen and oxygen atoms in total. The third kappa shape index (κ3) is 4.84. The van der Waals surface area contributed by atoms with Crippen molar-refractivity contribution in [2.24, 2.45) is 11.1 Å². The summed E-state index contributed by atoms with van der Waals surface area (Å²) >= 11 is 0. The van der Waals surface area contributed by atoms with Crippen molar-refractivity contribution in [2.75, 3.05) is 18.1 Å². The van der Waals surface area contributed by atoms with Gasteiger partial charge in [0.25, 0.3) is 0 Å². The van der Waals surface area contributed by atoms with Crippen molar-refractivity contribution in [1.29, 1.82) is 5.26 Å². The van der Waals surface area contributed by atoms with Crippen molar-refractivity contribution >= 4 is 17.6 Å². The normalized spacial score (nSPS) is 21.9. The van der Waals surface area contributed by atoms with Gasteiger partial charge in [-0.05, 0) is 56.2 Å². The van der Waals surface area contributed by atoms with E-state index in [9.17, 15) is 38.2 Å². The topological polar surface area (TPSA) is 140 Å². The largest absolute Gasteiger partial charge is 0.549 e. The molecule has 37 heavy (non-hydrogen) atoms. The maximum absolute atomic E-state index is 13.5. The number of halogens is 3. The highest BCUT2D eigenvalue weighted by Crippen LogP contribution is 2.53. The molecule has 11 heteroatoms. The van der Waals surface area contributed by atoms with Crippen LogP contribution in [-0.4, -0.2) is 36.3 Å². The zero-order chi connectivity index (χ0) is 27.5. The Labute approximate surface area is 211 Å². The number of aliphatic hydroxyl groups excluding tert-OH is 1. The van der Waals surface area contributed by atoms with E-state index in [0.717, 1.165) is 23.1 Å². The van der Waals surface area contributed by atoms with Crippen LogP contribution in [0.1, 0.15) is 42.9 Å². The van der Waals surface area contributed by atoms with Crippen LogP contribution < -0.4 is 15.7 Å². The van der Waals surface area contributed by atoms with Crippen molar-refractivity contribution in [3.63, 3.8) is 0 Å². The first-order valence-corrected chi connectivity index (χ1v) is 11.4. The van der Waals surface area contributed by atoms with E-state index in [1.54, 1.807) is 0 Å². The number of nitrogens with zero attached hydrogens (tertiary/aromatic N) is 2. The van der Waals surface area contributed by atoms with E-state index in [1.807, 2.05) is 6.07 Å². The number of aliphatic hydroxyl groups is 1. The molecule has 0 fully saturated rings. The molecule has 196 valence electrons. The molecule has 0 amide bonds. The summed E-state index contributed by atoms with van der Waals surface area (Å²) in [5.74, 6) is -4.22. The summed E-state index contributed by atoms with van der Waals surface area (Å²) in [6.07, 6.45) is -5.12. The number of benzene rings is 2. The number of hydrogen-bond donors (Lipinski definition) is 2. The third-order valence-electron chi connectivity index (χ3n) is 6.70. The van der Waals surface area contributed by atoms with Gasteiger partial charge in [-0.15, -0.1) is 0 Å². The molecule has 0 spiro atoms. The lowest BCUT2D eigenvalue weighted by Crippen LogP contribution is -2.63. The summed E-state index contributed by atoms with van der Waals surface area (Å²) in [6, 6.07) is 10.6. The van der Waals surface area contributed by atoms with Gasteiger partial charge in [0.15, 0.2) is 0 Å². The standard InChI is InChI=1S/C26H26F3N3O5/c1-3-37-23(34)20-21(17-9-7-16(14-30)8-10-17)25(11-12-33,24(35)36)15(2)32(22(20)31)19-6-4-5-18(13-19)26(27,28)29/h4-10,13,15,21,33H,3,11-12,31H2,1-2H3,(H,35,36)/p-1. The number of nitriles is 1. The van der Waals surface area contributed by atoms with Crippen LogP contribution in [0.15, 0.2) is 59.9 Å². The minimum absolute atomic E-state index is 0.0901. The molecule has 1 aliphatic rings. The predicted octanol–water partition coefficient (Wildman–Crippen LogP) is 2.42. The van der Waals surface area contributed by atoms with Gasteiger partial charge in [-0.25, -0.2) is 4.79 Å². The average molecular weight is 516 g/mol. The zero-order valence-electron chi connectivity index (χ0n) is 20.1. The number of alkyl halides is 3. The SMILES string of the molecule is CCOC(=O)C1=C(N)N(c2cccc(C(F)(F)F)c2)C(C)C(CCO)(C(=O)[O-])C1c1ccc(C#N)cc1. The molecule has 0 bridgehead atoms. The van der Waals surface area contributed by atoms with Gasteiger partial charge in [0.1, 0.15) is 5.82 Å². The molecule has 2 aromatic rings. The van der Waals surface area contributed by atoms with Crippen molar-refractivity contribution in [3.8, 4) is 6.07 Å². The van der Waals surface area contributed by atoms with E-state index in [2.05, 4.69) is 0 Å². The first kappa shape index (κ1) is 27.5. The Morgan fingerprint density at radius 3 is 2.41 bits per heavy atom. The molecule has 3 rings (SSSR count). The van der Waals surface area contributed by atoms with Crippen LogP contribution in [0.3, 0.4) is 0 Å². The Bertz CT molecular complexity index is 1250. The fourth-order valence-electron chi connectivity index (χ4n) is 4.98. The Balaban J connectivity index is 2.41. The Morgan fingerprint density at radius 1 is 1.24 bits per heavy atom. The van der Waals surface area contributed by atoms with Crippen molar-refractivity contribution in [3.05, 3.63) is 76.6 Å². The van der Waals surface area contributed by atoms with Gasteiger partial charge in [0, 0.05) is 29.7 Å². The number of carbonyl (C=O) groups excluding carboxylic acids is 2. The molecule has 0 saturated heterocycles. The molecular formula is C26H25F3N3O5-. The minimum atomic E-state index is -4.70. The molecule has 0 radical (unpaired) electrons. The molecule has 1 heterocycles. The van der Waals surface area contributed by atoms with Crippen molar-refractivity contribution < 1.29 is 37.7 Å². The molecule has 3 atom stereocenters. The minimum Gasteiger partial charge on any atom is -0.549 e. The number of carboxylic acid groups (broad SMARTS) is 1. The van der Waals surface area contributed by atoms with Gasteiger partial charge in [-0.3, -0.25) is 0 Å². The monoisotopic (exact) mass is 516 g/mol. The number of anilines is 1. The summed E-state index contributed by atoms with van der Waals surface area (Å²) in [5, 5.41) is 32.0. The lowest BCUT2D eigenvalue weighted by Gasteiger charge is -2.54. The summed E-state index contributed by atoms with van der Waals surface area (Å²) in [5.41, 5.74) is 3.53. The Hall–Kier alpha value is -4.04. The molecule has 0 aromatic heterocycles. The van der Waals surface area contributed by atoms with E-state index in [-0.39, 0.29) is 34.8 Å². The number of rotatable bonds is 7. The van der Waals surface area contributed by atoms with Crippen molar-refractivity contribution in [1.82, 2.24) is 0 Å². The highest BCUT2D eigenvalue weighted by atomic mass is 19.4. The molecule has 3 unspecified atom stereocenters. The number of aliphatic carboxylic acids is 1. The van der Waals surface area contributed by atoms with E-state index in [0.29, 0.717) is 0 Å². The van der Waals surface area contributed by atoms with E-state index < -0.39 is 54.1 Å². The number of ether oxygens (including phenoxy) is 1. The molecule has 1 aliphatic heterocycles. The van der Waals surface area contributed by atoms with Gasteiger partial charge < -0.3 is 30.4 Å². The zero-order valence-corrected chi connectivity index (χ0v) is 20.1. The van der Waals surface area contributed by atoms with E-state index in [1.165, 1.54) is 44.2 Å². The van der Waals surface area contributed by atoms with E-state index >= 15 is 0 Å². The summed E-state index contributed by atoms with van der Waals surface area (Å²) in [7, 11) is 0. The maximum Gasteiger partial charge on any atom is 0.416 e. The highest BCUT2D eigenvalue weighted by molar-refractivity contribution is 5.95. The van der Waals surface area contributed by atoms with Gasteiger partial charge in [0.05, 0.1) is 35.3 Å². The number of carboxylic acids is 1. The molecule has 3 N–H and O–H groups in total. The van der Waals surface area contributed by atoms with Gasteiger partial charge in [0.2, 0.25) is 0 Å². The third-order valence-corrected chi connectivity index (χ3v) is 6.70. The first-order valence-electron chi connectivity index (χ1n) is 11.4. The maximum atomic E-state index is 13.5. The van der Waals surface area contributed by atoms with Crippen LogP contribution in [0.25, 0.3) is 0 Å². The number of nitrogens with two attached hydrogens (primary N) is 1. The summed E-state index contributed by atoms with van der Waals surface area (Å²) in [6.45, 7) is 2.23. The van der Waals surface area contributed by atoms with Gasteiger partial charge >= 0.3 is 12.1 Å². The first-order chi connectivity index (χ1) is 17.4.